The summed E-state index contributed by atoms with van der Waals surface area (Å²) in [6.45, 7) is 0. The highest BCUT2D eigenvalue weighted by Gasteiger charge is 2.10. The molecule has 0 spiro atoms. The third-order valence-corrected chi connectivity index (χ3v) is 6.12. The summed E-state index contributed by atoms with van der Waals surface area (Å²) in [7, 11) is 0. The van der Waals surface area contributed by atoms with Gasteiger partial charge in [0.15, 0.2) is 0 Å². The molecule has 0 saturated carbocycles. The smallest absolute Gasteiger partial charge is 0.0361 e. The van der Waals surface area contributed by atoms with E-state index in [4.69, 9.17) is 5.41 Å². The first-order valence-corrected chi connectivity index (χ1v) is 9.77. The molecule has 0 aliphatic rings. The van der Waals surface area contributed by atoms with Gasteiger partial charge in [-0.3, -0.25) is 0 Å². The quantitative estimate of drug-likeness (QED) is 0.323. The zero-order valence-electron chi connectivity index (χ0n) is 14.6. The molecule has 0 aliphatic heterocycles. The third kappa shape index (κ3) is 2.75. The fourth-order valence-corrected chi connectivity index (χ4v) is 4.78. The molecule has 0 saturated heterocycles. The molecule has 0 bridgehead atoms. The molecule has 1 nitrogen and oxygen atoms in total. The summed E-state index contributed by atoms with van der Waals surface area (Å²) in [5.74, 6) is 0. The fourth-order valence-electron chi connectivity index (χ4n) is 3.66. The normalized spacial score (nSPS) is 11.1. The van der Waals surface area contributed by atoms with Gasteiger partial charge < -0.3 is 5.41 Å². The number of rotatable bonds is 3. The van der Waals surface area contributed by atoms with Gasteiger partial charge in [0.1, 0.15) is 0 Å². The molecule has 0 fully saturated rings. The van der Waals surface area contributed by atoms with Crippen molar-refractivity contribution >= 4 is 37.7 Å². The Labute approximate surface area is 162 Å². The second-order valence-electron chi connectivity index (χ2n) is 6.62. The van der Waals surface area contributed by atoms with Crippen LogP contribution in [0.25, 0.3) is 42.4 Å². The number of nitrogens with one attached hydrogen (secondary N) is 1. The number of hydrogen-bond donors (Lipinski definition) is 1. The van der Waals surface area contributed by atoms with Gasteiger partial charge in [-0.2, -0.15) is 0 Å². The van der Waals surface area contributed by atoms with E-state index in [1.165, 1.54) is 48.6 Å². The van der Waals surface area contributed by atoms with Crippen molar-refractivity contribution in [3.8, 4) is 22.3 Å². The summed E-state index contributed by atoms with van der Waals surface area (Å²) >= 11 is 1.79. The number of fused-ring (bicyclic) bond motifs is 3. The van der Waals surface area contributed by atoms with Crippen molar-refractivity contribution in [1.29, 1.82) is 5.41 Å². The van der Waals surface area contributed by atoms with E-state index in [-0.39, 0.29) is 0 Å². The van der Waals surface area contributed by atoms with Crippen LogP contribution in [0.15, 0.2) is 91.0 Å². The van der Waals surface area contributed by atoms with Crippen LogP contribution in [0.2, 0.25) is 0 Å². The van der Waals surface area contributed by atoms with Crippen molar-refractivity contribution < 1.29 is 0 Å². The summed E-state index contributed by atoms with van der Waals surface area (Å²) in [6.07, 6.45) is 1.46. The summed E-state index contributed by atoms with van der Waals surface area (Å²) < 4.78 is 2.50. The number of hydrogen-bond acceptors (Lipinski definition) is 2. The zero-order valence-corrected chi connectivity index (χ0v) is 15.5. The molecule has 27 heavy (non-hydrogen) atoms. The third-order valence-electron chi connectivity index (χ3n) is 4.99. The molecule has 0 radical (unpaired) electrons. The van der Waals surface area contributed by atoms with E-state index in [9.17, 15) is 0 Å². The highest BCUT2D eigenvalue weighted by molar-refractivity contribution is 7.25. The van der Waals surface area contributed by atoms with Gasteiger partial charge >= 0.3 is 0 Å². The molecule has 1 aromatic heterocycles. The van der Waals surface area contributed by atoms with Crippen molar-refractivity contribution in [1.82, 2.24) is 0 Å². The minimum absolute atomic E-state index is 0.980. The summed E-state index contributed by atoms with van der Waals surface area (Å²) in [4.78, 5) is 0. The molecule has 0 amide bonds. The first kappa shape index (κ1) is 16.0. The molecular formula is C25H17NS. The Kier molecular flexibility index (Phi) is 3.84. The molecule has 0 atom stereocenters. The van der Waals surface area contributed by atoms with Crippen LogP contribution < -0.4 is 0 Å². The van der Waals surface area contributed by atoms with E-state index in [0.717, 1.165) is 5.56 Å². The van der Waals surface area contributed by atoms with Crippen molar-refractivity contribution in [2.45, 2.75) is 0 Å². The lowest BCUT2D eigenvalue weighted by Crippen LogP contribution is -1.83. The van der Waals surface area contributed by atoms with Crippen LogP contribution in [-0.2, 0) is 0 Å². The lowest BCUT2D eigenvalue weighted by atomic mass is 9.97. The van der Waals surface area contributed by atoms with Crippen LogP contribution in [0.1, 0.15) is 5.56 Å². The Morgan fingerprint density at radius 2 is 1.30 bits per heavy atom. The Balaban J connectivity index is 1.70. The molecule has 1 N–H and O–H groups in total. The minimum atomic E-state index is 0.980. The molecule has 128 valence electrons. The van der Waals surface area contributed by atoms with Crippen LogP contribution in [0.5, 0.6) is 0 Å². The molecule has 0 unspecified atom stereocenters. The fraction of sp³-hybridized carbons (Fsp3) is 0. The average molecular weight is 363 g/mol. The topological polar surface area (TPSA) is 23.9 Å². The summed E-state index contributed by atoms with van der Waals surface area (Å²) in [6, 6.07) is 32.0. The second-order valence-corrected chi connectivity index (χ2v) is 7.71. The lowest BCUT2D eigenvalue weighted by Gasteiger charge is -2.07. The monoisotopic (exact) mass is 363 g/mol. The average Bonchev–Trinajstić information content (AvgIpc) is 3.12. The van der Waals surface area contributed by atoms with E-state index < -0.39 is 0 Å². The first-order chi connectivity index (χ1) is 13.3. The standard InChI is InChI=1S/C25H17NS/c26-16-21-10-5-11-24-25(21)22-15-20(12-13-23(22)27-24)19-9-4-8-18(14-19)17-6-2-1-3-7-17/h1-16,26H. The predicted octanol–water partition coefficient (Wildman–Crippen LogP) is 7.39. The summed E-state index contributed by atoms with van der Waals surface area (Å²) in [5, 5.41) is 10.2. The van der Waals surface area contributed by atoms with Gasteiger partial charge in [0, 0.05) is 32.0 Å². The summed E-state index contributed by atoms with van der Waals surface area (Å²) in [5.41, 5.74) is 5.86. The maximum atomic E-state index is 7.76. The van der Waals surface area contributed by atoms with Crippen LogP contribution >= 0.6 is 11.3 Å². The SMILES string of the molecule is N=Cc1cccc2sc3ccc(-c4cccc(-c5ccccc5)c4)cc3c12. The maximum Gasteiger partial charge on any atom is 0.0361 e. The second kappa shape index (κ2) is 6.49. The number of thiophene rings is 1. The Morgan fingerprint density at radius 3 is 2.11 bits per heavy atom. The largest absolute Gasteiger partial charge is 0.308 e. The zero-order chi connectivity index (χ0) is 18.2. The van der Waals surface area contributed by atoms with Crippen molar-refractivity contribution in [3.05, 3.63) is 96.6 Å². The minimum Gasteiger partial charge on any atom is -0.308 e. The molecule has 0 aliphatic carbocycles. The van der Waals surface area contributed by atoms with Gasteiger partial charge in [-0.25, -0.2) is 0 Å². The van der Waals surface area contributed by atoms with Crippen LogP contribution in [0, 0.1) is 5.41 Å². The van der Waals surface area contributed by atoms with Crippen LogP contribution in [0.4, 0.5) is 0 Å². The van der Waals surface area contributed by atoms with Gasteiger partial charge in [-0.05, 0) is 46.5 Å². The van der Waals surface area contributed by atoms with E-state index in [2.05, 4.69) is 72.8 Å². The molecule has 1 heterocycles. The van der Waals surface area contributed by atoms with E-state index in [0.29, 0.717) is 0 Å². The Morgan fingerprint density at radius 1 is 0.593 bits per heavy atom. The van der Waals surface area contributed by atoms with Crippen molar-refractivity contribution in [2.24, 2.45) is 0 Å². The van der Waals surface area contributed by atoms with E-state index in [1.807, 2.05) is 18.2 Å². The molecule has 4 aromatic carbocycles. The molecule has 5 rings (SSSR count). The highest BCUT2D eigenvalue weighted by atomic mass is 32.1. The number of benzene rings is 4. The Hall–Kier alpha value is -3.23. The van der Waals surface area contributed by atoms with Crippen molar-refractivity contribution in [3.63, 3.8) is 0 Å². The van der Waals surface area contributed by atoms with E-state index in [1.54, 1.807) is 11.3 Å². The van der Waals surface area contributed by atoms with Gasteiger partial charge in [-0.1, -0.05) is 66.7 Å². The first-order valence-electron chi connectivity index (χ1n) is 8.95. The highest BCUT2D eigenvalue weighted by Crippen LogP contribution is 2.38. The molecule has 2 heteroatoms. The Bertz CT molecular complexity index is 1280. The van der Waals surface area contributed by atoms with Gasteiger partial charge in [0.25, 0.3) is 0 Å². The van der Waals surface area contributed by atoms with Crippen LogP contribution in [0.3, 0.4) is 0 Å². The van der Waals surface area contributed by atoms with Gasteiger partial charge in [0.2, 0.25) is 0 Å². The lowest BCUT2D eigenvalue weighted by molar-refractivity contribution is 1.56. The molecule has 5 aromatic rings. The van der Waals surface area contributed by atoms with E-state index >= 15 is 0 Å². The maximum absolute atomic E-state index is 7.76. The van der Waals surface area contributed by atoms with Gasteiger partial charge in [0.05, 0.1) is 0 Å². The van der Waals surface area contributed by atoms with Crippen LogP contribution in [-0.4, -0.2) is 6.21 Å². The van der Waals surface area contributed by atoms with Crippen molar-refractivity contribution in [2.75, 3.05) is 0 Å². The molecular weight excluding hydrogens is 346 g/mol. The van der Waals surface area contributed by atoms with Gasteiger partial charge in [-0.15, -0.1) is 11.3 Å². The predicted molar refractivity (Wildman–Crippen MR) is 118 cm³/mol.